The lowest BCUT2D eigenvalue weighted by Crippen LogP contribution is -2.23. The van der Waals surface area contributed by atoms with Crippen LogP contribution < -0.4 is 5.56 Å². The second kappa shape index (κ2) is 6.64. The fraction of sp³-hybridized carbons (Fsp3) is 0.208. The number of hydrogen-bond acceptors (Lipinski definition) is 5. The van der Waals surface area contributed by atoms with Crippen LogP contribution in [-0.4, -0.2) is 19.6 Å². The summed E-state index contributed by atoms with van der Waals surface area (Å²) in [4.78, 5) is 24.0. The van der Waals surface area contributed by atoms with E-state index in [4.69, 9.17) is 0 Å². The predicted molar refractivity (Wildman–Crippen MR) is 119 cm³/mol. The summed E-state index contributed by atoms with van der Waals surface area (Å²) in [7, 11) is 0. The van der Waals surface area contributed by atoms with Crippen molar-refractivity contribution in [2.24, 2.45) is 0 Å². The van der Waals surface area contributed by atoms with E-state index in [2.05, 4.69) is 20.6 Å². The van der Waals surface area contributed by atoms with E-state index < -0.39 is 0 Å². The second-order valence-corrected chi connectivity index (χ2v) is 8.92. The molecule has 0 spiro atoms. The largest absolute Gasteiger partial charge is 0.507 e. The molecule has 1 aliphatic heterocycles. The molecule has 1 aromatic carbocycles. The summed E-state index contributed by atoms with van der Waals surface area (Å²) >= 11 is 1.72. The number of nitrogens with zero attached hydrogens (tertiary/aromatic N) is 3. The highest BCUT2D eigenvalue weighted by Gasteiger charge is 2.29. The van der Waals surface area contributed by atoms with Gasteiger partial charge in [-0.1, -0.05) is 24.3 Å². The van der Waals surface area contributed by atoms with Gasteiger partial charge in [0.25, 0.3) is 5.56 Å². The van der Waals surface area contributed by atoms with Crippen molar-refractivity contribution in [3.05, 3.63) is 92.1 Å². The van der Waals surface area contributed by atoms with Crippen LogP contribution in [0.1, 0.15) is 45.8 Å². The normalized spacial score (nSPS) is 16.7. The summed E-state index contributed by atoms with van der Waals surface area (Å²) in [5.41, 5.74) is 4.29. The quantitative estimate of drug-likeness (QED) is 0.409. The van der Waals surface area contributed by atoms with Gasteiger partial charge in [0.2, 0.25) is 0 Å². The summed E-state index contributed by atoms with van der Waals surface area (Å²) < 4.78 is 2.12. The van der Waals surface area contributed by atoms with E-state index in [1.54, 1.807) is 35.9 Å². The van der Waals surface area contributed by atoms with Gasteiger partial charge in [-0.3, -0.25) is 9.78 Å². The van der Waals surface area contributed by atoms with E-state index >= 15 is 0 Å². The Hall–Kier alpha value is -3.25. The van der Waals surface area contributed by atoms with Crippen LogP contribution in [-0.2, 0) is 19.4 Å². The molecule has 0 fully saturated rings. The standard InChI is InChI=1S/C24H19N3O2S/c28-21(14-9-11-25-12-10-14)19-16-6-2-1-5-15(16)13-27-22(19)26-23(29)20-17-7-3-4-8-18(17)30-24(20)27/h1-2,5-6,9-12,28H,3-4,7-8,13H2. The first-order chi connectivity index (χ1) is 14.7. The fourth-order valence-corrected chi connectivity index (χ4v) is 6.07. The summed E-state index contributed by atoms with van der Waals surface area (Å²) in [5, 5.41) is 12.0. The molecular formula is C24H19N3O2S. The van der Waals surface area contributed by atoms with Gasteiger partial charge in [0, 0.05) is 22.8 Å². The highest BCUT2D eigenvalue weighted by atomic mass is 32.1. The second-order valence-electron chi connectivity index (χ2n) is 7.83. The van der Waals surface area contributed by atoms with Crippen LogP contribution in [0.5, 0.6) is 0 Å². The third-order valence-electron chi connectivity index (χ3n) is 6.10. The summed E-state index contributed by atoms with van der Waals surface area (Å²) in [6.45, 7) is 0.641. The molecule has 6 heteroatoms. The number of thiophene rings is 1. The average molecular weight is 414 g/mol. The first-order valence-electron chi connectivity index (χ1n) is 10.2. The molecule has 2 aliphatic rings. The Morgan fingerprint density at radius 3 is 2.73 bits per heavy atom. The molecule has 6 rings (SSSR count). The third kappa shape index (κ3) is 2.50. The van der Waals surface area contributed by atoms with Crippen LogP contribution in [0.15, 0.2) is 53.6 Å². The maximum Gasteiger partial charge on any atom is 0.282 e. The van der Waals surface area contributed by atoms with Crippen LogP contribution in [0.2, 0.25) is 0 Å². The van der Waals surface area contributed by atoms with Crippen LogP contribution in [0.3, 0.4) is 0 Å². The zero-order chi connectivity index (χ0) is 20.2. The lowest BCUT2D eigenvalue weighted by Gasteiger charge is -2.25. The van der Waals surface area contributed by atoms with Crippen molar-refractivity contribution < 1.29 is 5.11 Å². The summed E-state index contributed by atoms with van der Waals surface area (Å²) in [5.74, 6) is 0.657. The van der Waals surface area contributed by atoms with Crippen molar-refractivity contribution in [1.82, 2.24) is 14.5 Å². The maximum absolute atomic E-state index is 13.2. The molecule has 0 atom stereocenters. The highest BCUT2D eigenvalue weighted by molar-refractivity contribution is 7.18. The number of pyridine rings is 1. The molecule has 30 heavy (non-hydrogen) atoms. The lowest BCUT2D eigenvalue weighted by atomic mass is 9.92. The number of aliphatic hydroxyl groups excluding tert-OH is 1. The SMILES string of the molecule is O=c1nc2n(c3sc4c(c13)CCCC4)Cc1ccccc1C2=C(O)c1ccncc1. The topological polar surface area (TPSA) is 68.0 Å². The Labute approximate surface area is 177 Å². The molecule has 0 amide bonds. The van der Waals surface area contributed by atoms with Gasteiger partial charge in [0.05, 0.1) is 17.5 Å². The number of hydrogen-bond donors (Lipinski definition) is 1. The molecule has 3 aromatic heterocycles. The minimum atomic E-state index is -0.185. The van der Waals surface area contributed by atoms with Crippen molar-refractivity contribution in [3.8, 4) is 0 Å². The summed E-state index contributed by atoms with van der Waals surface area (Å²) in [6, 6.07) is 11.6. The molecule has 1 N–H and O–H groups in total. The smallest absolute Gasteiger partial charge is 0.282 e. The number of benzene rings is 1. The summed E-state index contributed by atoms with van der Waals surface area (Å²) in [6.07, 6.45) is 7.58. The first kappa shape index (κ1) is 17.6. The average Bonchev–Trinajstić information content (AvgIpc) is 3.19. The van der Waals surface area contributed by atoms with Gasteiger partial charge in [-0.15, -0.1) is 11.3 Å². The highest BCUT2D eigenvalue weighted by Crippen LogP contribution is 2.40. The molecule has 0 saturated heterocycles. The molecule has 0 unspecified atom stereocenters. The fourth-order valence-electron chi connectivity index (χ4n) is 4.69. The Kier molecular flexibility index (Phi) is 3.89. The van der Waals surface area contributed by atoms with Gasteiger partial charge in [0.15, 0.2) is 0 Å². The van der Waals surface area contributed by atoms with Crippen LogP contribution in [0.25, 0.3) is 21.5 Å². The molecule has 0 radical (unpaired) electrons. The number of aryl methyl sites for hydroxylation is 2. The van der Waals surface area contributed by atoms with Gasteiger partial charge in [-0.25, -0.2) is 0 Å². The monoisotopic (exact) mass is 413 g/mol. The first-order valence-corrected chi connectivity index (χ1v) is 11.0. The van der Waals surface area contributed by atoms with E-state index in [1.165, 1.54) is 16.9 Å². The van der Waals surface area contributed by atoms with Crippen molar-refractivity contribution in [2.45, 2.75) is 32.2 Å². The van der Waals surface area contributed by atoms with Crippen molar-refractivity contribution in [2.75, 3.05) is 0 Å². The molecular weight excluding hydrogens is 394 g/mol. The van der Waals surface area contributed by atoms with E-state index in [1.807, 2.05) is 18.2 Å². The Balaban J connectivity index is 1.71. The predicted octanol–water partition coefficient (Wildman–Crippen LogP) is 4.57. The Morgan fingerprint density at radius 2 is 1.87 bits per heavy atom. The van der Waals surface area contributed by atoms with E-state index in [0.29, 0.717) is 23.5 Å². The Morgan fingerprint density at radius 1 is 1.07 bits per heavy atom. The zero-order valence-corrected chi connectivity index (χ0v) is 17.1. The minimum absolute atomic E-state index is 0.117. The van der Waals surface area contributed by atoms with Gasteiger partial charge < -0.3 is 9.67 Å². The third-order valence-corrected chi connectivity index (χ3v) is 7.42. The van der Waals surface area contributed by atoms with Gasteiger partial charge in [-0.2, -0.15) is 4.98 Å². The van der Waals surface area contributed by atoms with Crippen molar-refractivity contribution in [1.29, 1.82) is 0 Å². The van der Waals surface area contributed by atoms with Crippen LogP contribution >= 0.6 is 11.3 Å². The lowest BCUT2D eigenvalue weighted by molar-refractivity contribution is 0.512. The van der Waals surface area contributed by atoms with Gasteiger partial charge in [-0.05, 0) is 54.5 Å². The van der Waals surface area contributed by atoms with E-state index in [0.717, 1.165) is 40.6 Å². The number of aliphatic hydroxyl groups is 1. The molecule has 1 aliphatic carbocycles. The number of fused-ring (bicyclic) bond motifs is 6. The van der Waals surface area contributed by atoms with E-state index in [9.17, 15) is 9.90 Å². The minimum Gasteiger partial charge on any atom is -0.507 e. The molecule has 0 saturated carbocycles. The molecule has 0 bridgehead atoms. The molecule has 148 valence electrons. The molecule has 5 nitrogen and oxygen atoms in total. The zero-order valence-electron chi connectivity index (χ0n) is 16.3. The number of rotatable bonds is 1. The van der Waals surface area contributed by atoms with Crippen LogP contribution in [0.4, 0.5) is 0 Å². The van der Waals surface area contributed by atoms with Crippen molar-refractivity contribution >= 4 is 32.9 Å². The molecule has 4 aromatic rings. The Bertz CT molecular complexity index is 1400. The molecule has 4 heterocycles. The maximum atomic E-state index is 13.2. The van der Waals surface area contributed by atoms with Gasteiger partial charge >= 0.3 is 0 Å². The van der Waals surface area contributed by atoms with Gasteiger partial charge in [0.1, 0.15) is 16.4 Å². The van der Waals surface area contributed by atoms with Crippen LogP contribution in [0, 0.1) is 0 Å². The van der Waals surface area contributed by atoms with E-state index in [-0.39, 0.29) is 11.3 Å². The van der Waals surface area contributed by atoms with Crippen molar-refractivity contribution in [3.63, 3.8) is 0 Å². The number of aromatic nitrogens is 3.